The fraction of sp³-hybridized carbons (Fsp3) is 0.0909. The molecule has 1 aromatic heterocycles. The number of amides is 1. The average Bonchev–Trinajstić information content (AvgIpc) is 2.29. The van der Waals surface area contributed by atoms with Crippen LogP contribution in [-0.4, -0.2) is 16.8 Å². The van der Waals surface area contributed by atoms with E-state index in [4.69, 9.17) is 11.6 Å². The van der Waals surface area contributed by atoms with Crippen molar-refractivity contribution in [2.45, 2.75) is 0 Å². The van der Waals surface area contributed by atoms with Crippen LogP contribution in [0.4, 0.5) is 5.69 Å². The van der Waals surface area contributed by atoms with Gasteiger partial charge in [-0.1, -0.05) is 12.1 Å². The second-order valence-corrected chi connectivity index (χ2v) is 3.54. The van der Waals surface area contributed by atoms with E-state index in [2.05, 4.69) is 10.3 Å². The zero-order valence-electron chi connectivity index (χ0n) is 8.29. The number of carbonyl (C=O) groups excluding carboxylic acids is 1. The number of aromatic nitrogens is 1. The zero-order valence-corrected chi connectivity index (χ0v) is 9.04. The second-order valence-electron chi connectivity index (χ2n) is 3.27. The van der Waals surface area contributed by atoms with Gasteiger partial charge in [-0.2, -0.15) is 0 Å². The van der Waals surface area contributed by atoms with Gasteiger partial charge in [0.25, 0.3) is 0 Å². The SMILES string of the molecule is O=C(CCl)Nc1cccc2ccc(=O)[nH]c12. The van der Waals surface area contributed by atoms with Gasteiger partial charge in [-0.05, 0) is 12.1 Å². The fourth-order valence-corrected chi connectivity index (χ4v) is 1.53. The van der Waals surface area contributed by atoms with Gasteiger partial charge >= 0.3 is 0 Å². The Hall–Kier alpha value is -1.81. The molecular weight excluding hydrogens is 228 g/mol. The molecule has 4 nitrogen and oxygen atoms in total. The number of hydrogen-bond acceptors (Lipinski definition) is 2. The Labute approximate surface area is 96.2 Å². The van der Waals surface area contributed by atoms with E-state index in [9.17, 15) is 9.59 Å². The summed E-state index contributed by atoms with van der Waals surface area (Å²) in [5, 5.41) is 3.47. The Kier molecular flexibility index (Phi) is 2.92. The third kappa shape index (κ3) is 2.06. The number of carbonyl (C=O) groups is 1. The Balaban J connectivity index is 2.56. The van der Waals surface area contributed by atoms with Crippen molar-refractivity contribution in [3.05, 3.63) is 40.7 Å². The summed E-state index contributed by atoms with van der Waals surface area (Å²) >= 11 is 5.40. The second kappa shape index (κ2) is 4.37. The fourth-order valence-electron chi connectivity index (χ4n) is 1.47. The lowest BCUT2D eigenvalue weighted by Crippen LogP contribution is -2.14. The number of alkyl halides is 1. The zero-order chi connectivity index (χ0) is 11.5. The summed E-state index contributed by atoms with van der Waals surface area (Å²) in [5.41, 5.74) is 0.953. The predicted molar refractivity (Wildman–Crippen MR) is 63.9 cm³/mol. The molecule has 5 heteroatoms. The molecule has 2 N–H and O–H groups in total. The lowest BCUT2D eigenvalue weighted by molar-refractivity contribution is -0.113. The van der Waals surface area contributed by atoms with Crippen molar-refractivity contribution in [3.63, 3.8) is 0 Å². The number of rotatable bonds is 2. The van der Waals surface area contributed by atoms with Crippen LogP contribution in [0.5, 0.6) is 0 Å². The Morgan fingerprint density at radius 3 is 2.88 bits per heavy atom. The molecule has 2 rings (SSSR count). The van der Waals surface area contributed by atoms with Gasteiger partial charge in [0, 0.05) is 11.5 Å². The van der Waals surface area contributed by atoms with Crippen LogP contribution in [0.2, 0.25) is 0 Å². The van der Waals surface area contributed by atoms with Crippen LogP contribution in [0.1, 0.15) is 0 Å². The first-order chi connectivity index (χ1) is 7.70. The van der Waals surface area contributed by atoms with Gasteiger partial charge in [0.1, 0.15) is 5.88 Å². The van der Waals surface area contributed by atoms with Gasteiger partial charge in [0.2, 0.25) is 11.5 Å². The van der Waals surface area contributed by atoms with Gasteiger partial charge in [-0.3, -0.25) is 9.59 Å². The number of hydrogen-bond donors (Lipinski definition) is 2. The van der Waals surface area contributed by atoms with Crippen LogP contribution in [0, 0.1) is 0 Å². The van der Waals surface area contributed by atoms with Crippen molar-refractivity contribution < 1.29 is 4.79 Å². The first-order valence-electron chi connectivity index (χ1n) is 4.68. The number of halogens is 1. The van der Waals surface area contributed by atoms with Crippen molar-refractivity contribution in [2.24, 2.45) is 0 Å². The van der Waals surface area contributed by atoms with Gasteiger partial charge in [-0.25, -0.2) is 0 Å². The summed E-state index contributed by atoms with van der Waals surface area (Å²) in [4.78, 5) is 25.0. The number of nitrogens with one attached hydrogen (secondary N) is 2. The van der Waals surface area contributed by atoms with E-state index in [-0.39, 0.29) is 17.3 Å². The molecule has 1 amide bonds. The molecule has 82 valence electrons. The first kappa shape index (κ1) is 10.7. The minimum atomic E-state index is -0.307. The van der Waals surface area contributed by atoms with Gasteiger partial charge in [0.05, 0.1) is 11.2 Å². The third-order valence-corrected chi connectivity index (χ3v) is 2.40. The van der Waals surface area contributed by atoms with E-state index in [0.29, 0.717) is 11.2 Å². The summed E-state index contributed by atoms with van der Waals surface area (Å²) in [6.45, 7) is 0. The molecule has 0 spiro atoms. The Morgan fingerprint density at radius 2 is 2.12 bits per heavy atom. The third-order valence-electron chi connectivity index (χ3n) is 2.15. The molecule has 0 radical (unpaired) electrons. The summed E-state index contributed by atoms with van der Waals surface area (Å²) in [6.07, 6.45) is 0. The highest BCUT2D eigenvalue weighted by Crippen LogP contribution is 2.19. The number of aromatic amines is 1. The molecule has 1 heterocycles. The van der Waals surface area contributed by atoms with E-state index in [1.807, 2.05) is 6.07 Å². The standard InChI is InChI=1S/C11H9ClN2O2/c12-6-10(16)13-8-3-1-2-7-4-5-9(15)14-11(7)8/h1-5H,6H2,(H,13,16)(H,14,15). The summed E-state index contributed by atoms with van der Waals surface area (Å²) in [5.74, 6) is -0.424. The predicted octanol–water partition coefficient (Wildman–Crippen LogP) is 1.71. The number of H-pyrrole nitrogens is 1. The molecular formula is C11H9ClN2O2. The van der Waals surface area contributed by atoms with E-state index < -0.39 is 0 Å². The minimum absolute atomic E-state index is 0.118. The number of fused-ring (bicyclic) bond motifs is 1. The first-order valence-corrected chi connectivity index (χ1v) is 5.22. The van der Waals surface area contributed by atoms with Crippen molar-refractivity contribution in [2.75, 3.05) is 11.2 Å². The number of anilines is 1. The van der Waals surface area contributed by atoms with Crippen LogP contribution >= 0.6 is 11.6 Å². The maximum atomic E-state index is 11.2. The highest BCUT2D eigenvalue weighted by molar-refractivity contribution is 6.29. The van der Waals surface area contributed by atoms with E-state index in [0.717, 1.165) is 5.39 Å². The Bertz CT molecular complexity index is 592. The number of pyridine rings is 1. The average molecular weight is 237 g/mol. The molecule has 2 aromatic rings. The monoisotopic (exact) mass is 236 g/mol. The topological polar surface area (TPSA) is 62.0 Å². The van der Waals surface area contributed by atoms with Gasteiger partial charge < -0.3 is 10.3 Å². The van der Waals surface area contributed by atoms with E-state index >= 15 is 0 Å². The lowest BCUT2D eigenvalue weighted by atomic mass is 10.2. The molecule has 0 saturated heterocycles. The quantitative estimate of drug-likeness (QED) is 0.780. The molecule has 0 fully saturated rings. The van der Waals surface area contributed by atoms with E-state index in [1.165, 1.54) is 6.07 Å². The summed E-state index contributed by atoms with van der Waals surface area (Å²) in [6, 6.07) is 8.49. The molecule has 0 aliphatic rings. The molecule has 1 aromatic carbocycles. The van der Waals surface area contributed by atoms with E-state index in [1.54, 1.807) is 18.2 Å². The maximum absolute atomic E-state index is 11.2. The molecule has 0 unspecified atom stereocenters. The number of benzene rings is 1. The molecule has 0 saturated carbocycles. The van der Waals surface area contributed by atoms with Gasteiger partial charge in [0.15, 0.2) is 0 Å². The summed E-state index contributed by atoms with van der Waals surface area (Å²) in [7, 11) is 0. The largest absolute Gasteiger partial charge is 0.323 e. The van der Waals surface area contributed by atoms with Crippen molar-refractivity contribution >= 4 is 34.1 Å². The van der Waals surface area contributed by atoms with Crippen LogP contribution in [0.15, 0.2) is 35.1 Å². The lowest BCUT2D eigenvalue weighted by Gasteiger charge is -2.06. The Morgan fingerprint density at radius 1 is 1.31 bits per heavy atom. The smallest absolute Gasteiger partial charge is 0.248 e. The highest BCUT2D eigenvalue weighted by atomic mass is 35.5. The highest BCUT2D eigenvalue weighted by Gasteiger charge is 2.04. The molecule has 0 aliphatic heterocycles. The van der Waals surface area contributed by atoms with Crippen molar-refractivity contribution in [1.29, 1.82) is 0 Å². The maximum Gasteiger partial charge on any atom is 0.248 e. The molecule has 0 aliphatic carbocycles. The normalized spacial score (nSPS) is 10.3. The van der Waals surface area contributed by atoms with Crippen molar-refractivity contribution in [1.82, 2.24) is 4.98 Å². The molecule has 16 heavy (non-hydrogen) atoms. The van der Waals surface area contributed by atoms with Crippen LogP contribution in [-0.2, 0) is 4.79 Å². The van der Waals surface area contributed by atoms with Gasteiger partial charge in [-0.15, -0.1) is 11.6 Å². The molecule has 0 atom stereocenters. The number of para-hydroxylation sites is 1. The van der Waals surface area contributed by atoms with Crippen LogP contribution < -0.4 is 10.9 Å². The molecule has 0 bridgehead atoms. The van der Waals surface area contributed by atoms with Crippen molar-refractivity contribution in [3.8, 4) is 0 Å². The minimum Gasteiger partial charge on any atom is -0.323 e. The van der Waals surface area contributed by atoms with Crippen LogP contribution in [0.25, 0.3) is 10.9 Å². The summed E-state index contributed by atoms with van der Waals surface area (Å²) < 4.78 is 0. The van der Waals surface area contributed by atoms with Crippen LogP contribution in [0.3, 0.4) is 0 Å².